The van der Waals surface area contributed by atoms with Crippen molar-refractivity contribution in [1.29, 1.82) is 0 Å². The van der Waals surface area contributed by atoms with Crippen molar-refractivity contribution < 1.29 is 9.26 Å². The second-order valence-corrected chi connectivity index (χ2v) is 8.70. The molecular weight excluding hydrogens is 448 g/mol. The number of benzene rings is 2. The van der Waals surface area contributed by atoms with Crippen molar-refractivity contribution >= 4 is 11.8 Å². The first-order valence-electron chi connectivity index (χ1n) is 10.9. The number of ether oxygens (including phenoxy) is 1. The minimum Gasteiger partial charge on any atom is -0.494 e. The molecule has 0 aliphatic rings. The molecule has 0 aliphatic heterocycles. The second-order valence-electron chi connectivity index (χ2n) is 7.39. The van der Waals surface area contributed by atoms with Gasteiger partial charge in [0.25, 0.3) is 0 Å². The van der Waals surface area contributed by atoms with Crippen molar-refractivity contribution in [2.45, 2.75) is 24.3 Å². The summed E-state index contributed by atoms with van der Waals surface area (Å²) in [6.07, 6.45) is 3.51. The van der Waals surface area contributed by atoms with Gasteiger partial charge in [-0.2, -0.15) is 4.98 Å². The monoisotopic (exact) mass is 470 g/mol. The Morgan fingerprint density at radius 3 is 2.50 bits per heavy atom. The molecule has 170 valence electrons. The standard InChI is InChI=1S/C25H22N6O2S/c1-3-32-21-13-11-20(12-14-21)31-23(19-10-7-15-26-16-19)28-29-25(31)34-17(2)24-27-22(30-33-24)18-8-5-4-6-9-18/h4-17H,3H2,1-2H3. The number of hydrogen-bond acceptors (Lipinski definition) is 8. The molecule has 0 saturated heterocycles. The van der Waals surface area contributed by atoms with Gasteiger partial charge in [-0.1, -0.05) is 47.3 Å². The highest BCUT2D eigenvalue weighted by Crippen LogP contribution is 2.37. The third-order valence-electron chi connectivity index (χ3n) is 5.06. The first-order valence-corrected chi connectivity index (χ1v) is 11.8. The molecule has 1 atom stereocenters. The molecule has 34 heavy (non-hydrogen) atoms. The summed E-state index contributed by atoms with van der Waals surface area (Å²) < 4.78 is 13.2. The lowest BCUT2D eigenvalue weighted by atomic mass is 10.2. The quantitative estimate of drug-likeness (QED) is 0.269. The van der Waals surface area contributed by atoms with E-state index in [1.165, 1.54) is 11.8 Å². The number of thioether (sulfide) groups is 1. The van der Waals surface area contributed by atoms with Crippen LogP contribution >= 0.6 is 11.8 Å². The van der Waals surface area contributed by atoms with Gasteiger partial charge >= 0.3 is 0 Å². The summed E-state index contributed by atoms with van der Waals surface area (Å²) in [6.45, 7) is 4.58. The molecule has 0 bridgehead atoms. The van der Waals surface area contributed by atoms with Crippen LogP contribution < -0.4 is 4.74 Å². The molecule has 2 aromatic carbocycles. The lowest BCUT2D eigenvalue weighted by molar-refractivity contribution is 0.340. The fraction of sp³-hybridized carbons (Fsp3) is 0.160. The Bertz CT molecular complexity index is 1350. The van der Waals surface area contributed by atoms with E-state index < -0.39 is 0 Å². The average Bonchev–Trinajstić information content (AvgIpc) is 3.54. The summed E-state index contributed by atoms with van der Waals surface area (Å²) in [5.74, 6) is 2.59. The van der Waals surface area contributed by atoms with Crippen molar-refractivity contribution in [2.75, 3.05) is 6.61 Å². The van der Waals surface area contributed by atoms with Crippen LogP contribution in [0.3, 0.4) is 0 Å². The Morgan fingerprint density at radius 1 is 0.971 bits per heavy atom. The van der Waals surface area contributed by atoms with Crippen LogP contribution in [0.25, 0.3) is 28.5 Å². The van der Waals surface area contributed by atoms with Crippen LogP contribution in [0, 0.1) is 0 Å². The highest BCUT2D eigenvalue weighted by atomic mass is 32.2. The molecule has 9 heteroatoms. The van der Waals surface area contributed by atoms with Crippen molar-refractivity contribution in [3.05, 3.63) is 85.0 Å². The molecule has 0 aliphatic carbocycles. The maximum atomic E-state index is 5.60. The normalized spacial score (nSPS) is 11.9. The van der Waals surface area contributed by atoms with E-state index in [-0.39, 0.29) is 5.25 Å². The first-order chi connectivity index (χ1) is 16.7. The Balaban J connectivity index is 1.48. The summed E-state index contributed by atoms with van der Waals surface area (Å²) in [4.78, 5) is 8.84. The molecule has 0 fully saturated rings. The minimum absolute atomic E-state index is 0.141. The van der Waals surface area contributed by atoms with Gasteiger partial charge < -0.3 is 9.26 Å². The molecule has 0 radical (unpaired) electrons. The molecule has 8 nitrogen and oxygen atoms in total. The Morgan fingerprint density at radius 2 is 1.76 bits per heavy atom. The summed E-state index contributed by atoms with van der Waals surface area (Å²) in [5, 5.41) is 13.7. The largest absolute Gasteiger partial charge is 0.494 e. The fourth-order valence-corrected chi connectivity index (χ4v) is 4.33. The Labute approximate surface area is 201 Å². The van der Waals surface area contributed by atoms with Crippen molar-refractivity contribution in [3.63, 3.8) is 0 Å². The van der Waals surface area contributed by atoms with Crippen LogP contribution in [0.2, 0.25) is 0 Å². The number of nitrogens with zero attached hydrogens (tertiary/aromatic N) is 6. The highest BCUT2D eigenvalue weighted by Gasteiger charge is 2.22. The number of aromatic nitrogens is 6. The van der Waals surface area contributed by atoms with E-state index in [0.29, 0.717) is 29.3 Å². The molecular formula is C25H22N6O2S. The summed E-state index contributed by atoms with van der Waals surface area (Å²) >= 11 is 1.50. The van der Waals surface area contributed by atoms with Gasteiger partial charge in [-0.25, -0.2) is 0 Å². The van der Waals surface area contributed by atoms with E-state index in [2.05, 4.69) is 25.3 Å². The average molecular weight is 471 g/mol. The predicted octanol–water partition coefficient (Wildman–Crippen LogP) is 5.63. The molecule has 0 amide bonds. The molecule has 0 N–H and O–H groups in total. The van der Waals surface area contributed by atoms with Crippen LogP contribution in [-0.2, 0) is 0 Å². The summed E-state index contributed by atoms with van der Waals surface area (Å²) in [6, 6.07) is 21.5. The van der Waals surface area contributed by atoms with Gasteiger partial charge in [-0.3, -0.25) is 9.55 Å². The van der Waals surface area contributed by atoms with Crippen molar-refractivity contribution in [2.24, 2.45) is 0 Å². The third-order valence-corrected chi connectivity index (χ3v) is 6.09. The lowest BCUT2D eigenvalue weighted by Crippen LogP contribution is -2.01. The molecule has 5 aromatic rings. The molecule has 5 rings (SSSR count). The molecule has 3 aromatic heterocycles. The van der Waals surface area contributed by atoms with Crippen LogP contribution in [-0.4, -0.2) is 36.5 Å². The second kappa shape index (κ2) is 9.88. The van der Waals surface area contributed by atoms with Crippen LogP contribution in [0.4, 0.5) is 0 Å². The maximum absolute atomic E-state index is 5.60. The van der Waals surface area contributed by atoms with E-state index in [0.717, 1.165) is 22.6 Å². The van der Waals surface area contributed by atoms with E-state index >= 15 is 0 Å². The SMILES string of the molecule is CCOc1ccc(-n2c(SC(C)c3nc(-c4ccccc4)no3)nnc2-c2cccnc2)cc1. The molecule has 1 unspecified atom stereocenters. The van der Waals surface area contributed by atoms with Gasteiger partial charge in [-0.05, 0) is 50.2 Å². The number of pyridine rings is 1. The van der Waals surface area contributed by atoms with E-state index in [1.54, 1.807) is 12.4 Å². The number of rotatable bonds is 8. The molecule has 3 heterocycles. The first kappa shape index (κ1) is 21.8. The van der Waals surface area contributed by atoms with Crippen LogP contribution in [0.15, 0.2) is 88.8 Å². The highest BCUT2D eigenvalue weighted by molar-refractivity contribution is 7.99. The van der Waals surface area contributed by atoms with Crippen LogP contribution in [0.5, 0.6) is 5.75 Å². The third kappa shape index (κ3) is 4.55. The van der Waals surface area contributed by atoms with E-state index in [4.69, 9.17) is 9.26 Å². The maximum Gasteiger partial charge on any atom is 0.240 e. The molecule has 0 saturated carbocycles. The van der Waals surface area contributed by atoms with Crippen molar-refractivity contribution in [1.82, 2.24) is 29.9 Å². The zero-order valence-corrected chi connectivity index (χ0v) is 19.5. The van der Waals surface area contributed by atoms with Crippen LogP contribution in [0.1, 0.15) is 25.0 Å². The Hall–Kier alpha value is -3.98. The summed E-state index contributed by atoms with van der Waals surface area (Å²) in [7, 11) is 0. The fourth-order valence-electron chi connectivity index (χ4n) is 3.43. The molecule has 0 spiro atoms. The van der Waals surface area contributed by atoms with Gasteiger partial charge in [0, 0.05) is 29.2 Å². The number of hydrogen-bond donors (Lipinski definition) is 0. The predicted molar refractivity (Wildman–Crippen MR) is 130 cm³/mol. The zero-order valence-electron chi connectivity index (χ0n) is 18.7. The lowest BCUT2D eigenvalue weighted by Gasteiger charge is -2.12. The summed E-state index contributed by atoms with van der Waals surface area (Å²) in [5.41, 5.74) is 2.69. The topological polar surface area (TPSA) is 91.8 Å². The van der Waals surface area contributed by atoms with Crippen molar-refractivity contribution in [3.8, 4) is 34.2 Å². The van der Waals surface area contributed by atoms with Gasteiger partial charge in [-0.15, -0.1) is 10.2 Å². The van der Waals surface area contributed by atoms with Gasteiger partial charge in [0.05, 0.1) is 11.9 Å². The minimum atomic E-state index is -0.141. The van der Waals surface area contributed by atoms with Gasteiger partial charge in [0.15, 0.2) is 11.0 Å². The van der Waals surface area contributed by atoms with E-state index in [1.807, 2.05) is 85.1 Å². The van der Waals surface area contributed by atoms with Gasteiger partial charge in [0.1, 0.15) is 5.75 Å². The van der Waals surface area contributed by atoms with Gasteiger partial charge in [0.2, 0.25) is 11.7 Å². The zero-order chi connectivity index (χ0) is 23.3. The van der Waals surface area contributed by atoms with E-state index in [9.17, 15) is 0 Å². The Kier molecular flexibility index (Phi) is 6.35. The smallest absolute Gasteiger partial charge is 0.240 e.